The Hall–Kier alpha value is -1.51. The Morgan fingerprint density at radius 1 is 1.50 bits per heavy atom. The Labute approximate surface area is 58.8 Å². The van der Waals surface area contributed by atoms with Gasteiger partial charge in [-0.3, -0.25) is 4.79 Å². The molecule has 0 saturated carbocycles. The van der Waals surface area contributed by atoms with Crippen molar-refractivity contribution in [1.29, 1.82) is 0 Å². The van der Waals surface area contributed by atoms with Gasteiger partial charge in [-0.15, -0.1) is 0 Å². The summed E-state index contributed by atoms with van der Waals surface area (Å²) in [5, 5.41) is 2.36. The highest BCUT2D eigenvalue weighted by molar-refractivity contribution is 5.73. The van der Waals surface area contributed by atoms with Crippen molar-refractivity contribution in [1.82, 2.24) is 0 Å². The summed E-state index contributed by atoms with van der Waals surface area (Å²) >= 11 is 0. The molecular formula is C7H7N2O. The third kappa shape index (κ3) is 1.48. The highest BCUT2D eigenvalue weighted by Gasteiger charge is 1.88. The second-order valence-electron chi connectivity index (χ2n) is 1.85. The summed E-state index contributed by atoms with van der Waals surface area (Å²) < 4.78 is 0. The summed E-state index contributed by atoms with van der Waals surface area (Å²) in [6.45, 7) is 0. The maximum absolute atomic E-state index is 9.81. The van der Waals surface area contributed by atoms with Crippen LogP contribution in [0.4, 0.5) is 11.4 Å². The summed E-state index contributed by atoms with van der Waals surface area (Å²) in [7, 11) is 0. The molecule has 1 amide bonds. The minimum Gasteiger partial charge on any atom is -0.399 e. The minimum absolute atomic E-state index is 0.625. The summed E-state index contributed by atoms with van der Waals surface area (Å²) in [5.41, 5.74) is 6.71. The highest BCUT2D eigenvalue weighted by atomic mass is 16.1. The van der Waals surface area contributed by atoms with Crippen LogP contribution in [0.2, 0.25) is 0 Å². The number of anilines is 2. The number of carbonyl (C=O) groups excluding carboxylic acids is 1. The molecule has 0 atom stereocenters. The van der Waals surface area contributed by atoms with E-state index in [9.17, 15) is 4.79 Å². The molecule has 3 N–H and O–H groups in total. The lowest BCUT2D eigenvalue weighted by molar-refractivity contribution is 0.561. The van der Waals surface area contributed by atoms with Gasteiger partial charge < -0.3 is 11.1 Å². The molecule has 1 aromatic carbocycles. The lowest BCUT2D eigenvalue weighted by Gasteiger charge is -1.96. The molecule has 0 aromatic heterocycles. The highest BCUT2D eigenvalue weighted by Crippen LogP contribution is 2.09. The van der Waals surface area contributed by atoms with E-state index in [2.05, 4.69) is 5.32 Å². The molecule has 1 rings (SSSR count). The molecule has 1 aromatic rings. The molecule has 1 radical (unpaired) electrons. The lowest BCUT2D eigenvalue weighted by Crippen LogP contribution is -1.94. The molecule has 0 fully saturated rings. The molecule has 0 saturated heterocycles. The standard InChI is InChI=1S/C7H7N2O/c8-6-2-1-3-7(4-6)9-5-10/h1-4H,8H2,(H,9,10). The molecule has 0 unspecified atom stereocenters. The predicted octanol–water partition coefficient (Wildman–Crippen LogP) is 0.748. The van der Waals surface area contributed by atoms with E-state index < -0.39 is 0 Å². The zero-order valence-electron chi connectivity index (χ0n) is 5.29. The summed E-state index contributed by atoms with van der Waals surface area (Å²) in [6.07, 6.45) is 1.56. The first-order valence-corrected chi connectivity index (χ1v) is 2.81. The Morgan fingerprint density at radius 2 is 2.30 bits per heavy atom. The van der Waals surface area contributed by atoms with Crippen LogP contribution in [0.25, 0.3) is 0 Å². The monoisotopic (exact) mass is 135 g/mol. The zero-order valence-corrected chi connectivity index (χ0v) is 5.29. The van der Waals surface area contributed by atoms with Crippen molar-refractivity contribution in [3.05, 3.63) is 24.3 Å². The van der Waals surface area contributed by atoms with Gasteiger partial charge in [-0.05, 0) is 18.2 Å². The summed E-state index contributed by atoms with van der Waals surface area (Å²) in [5.74, 6) is 0. The van der Waals surface area contributed by atoms with Gasteiger partial charge in [-0.1, -0.05) is 6.07 Å². The molecule has 10 heavy (non-hydrogen) atoms. The van der Waals surface area contributed by atoms with Crippen LogP contribution < -0.4 is 11.1 Å². The number of amides is 1. The van der Waals surface area contributed by atoms with Crippen LogP contribution in [0.1, 0.15) is 0 Å². The normalized spacial score (nSPS) is 8.80. The fourth-order valence-corrected chi connectivity index (χ4v) is 0.675. The van der Waals surface area contributed by atoms with Gasteiger partial charge in [0.1, 0.15) is 0 Å². The number of hydrogen-bond acceptors (Lipinski definition) is 2. The van der Waals surface area contributed by atoms with Gasteiger partial charge in [-0.2, -0.15) is 0 Å². The molecule has 3 heteroatoms. The average Bonchev–Trinajstić information content (AvgIpc) is 1.88. The van der Waals surface area contributed by atoms with Gasteiger partial charge in [0.25, 0.3) is 0 Å². The molecule has 0 aliphatic carbocycles. The molecular weight excluding hydrogens is 128 g/mol. The van der Waals surface area contributed by atoms with Crippen molar-refractivity contribution in [2.45, 2.75) is 0 Å². The van der Waals surface area contributed by atoms with Gasteiger partial charge in [0.2, 0.25) is 0 Å². The first kappa shape index (κ1) is 6.61. The number of nitrogen functional groups attached to an aromatic ring is 1. The maximum atomic E-state index is 9.81. The zero-order chi connectivity index (χ0) is 7.40. The van der Waals surface area contributed by atoms with Crippen molar-refractivity contribution in [2.75, 3.05) is 11.1 Å². The number of hydrogen-bond donors (Lipinski definition) is 2. The van der Waals surface area contributed by atoms with E-state index in [1.165, 1.54) is 0 Å². The van der Waals surface area contributed by atoms with Crippen LogP contribution in [0.3, 0.4) is 0 Å². The van der Waals surface area contributed by atoms with Gasteiger partial charge in [0, 0.05) is 11.4 Å². The van der Waals surface area contributed by atoms with Gasteiger partial charge in [0.15, 0.2) is 0 Å². The summed E-state index contributed by atoms with van der Waals surface area (Å²) in [4.78, 5) is 9.81. The smallest absolute Gasteiger partial charge is 0.314 e. The van der Waals surface area contributed by atoms with Crippen molar-refractivity contribution in [2.24, 2.45) is 0 Å². The average molecular weight is 135 g/mol. The number of nitrogens with one attached hydrogen (secondary N) is 1. The van der Waals surface area contributed by atoms with E-state index in [-0.39, 0.29) is 0 Å². The van der Waals surface area contributed by atoms with Gasteiger partial charge in [0.05, 0.1) is 0 Å². The van der Waals surface area contributed by atoms with Gasteiger partial charge in [-0.25, -0.2) is 0 Å². The predicted molar refractivity (Wildman–Crippen MR) is 40.2 cm³/mol. The van der Waals surface area contributed by atoms with E-state index >= 15 is 0 Å². The summed E-state index contributed by atoms with van der Waals surface area (Å²) in [6, 6.07) is 6.90. The molecule has 0 aliphatic rings. The van der Waals surface area contributed by atoms with Crippen molar-refractivity contribution in [3.63, 3.8) is 0 Å². The second kappa shape index (κ2) is 2.87. The molecule has 0 bridgehead atoms. The second-order valence-corrected chi connectivity index (χ2v) is 1.85. The Kier molecular flexibility index (Phi) is 1.89. The van der Waals surface area contributed by atoms with Crippen LogP contribution in [0, 0.1) is 0 Å². The number of nitrogens with two attached hydrogens (primary N) is 1. The first-order chi connectivity index (χ1) is 4.83. The third-order valence-electron chi connectivity index (χ3n) is 1.08. The van der Waals surface area contributed by atoms with E-state index in [1.807, 2.05) is 0 Å². The lowest BCUT2D eigenvalue weighted by atomic mass is 10.3. The van der Waals surface area contributed by atoms with E-state index in [1.54, 1.807) is 30.7 Å². The van der Waals surface area contributed by atoms with Crippen molar-refractivity contribution >= 4 is 17.8 Å². The molecule has 0 heterocycles. The van der Waals surface area contributed by atoms with E-state index in [0.29, 0.717) is 11.4 Å². The number of rotatable bonds is 2. The van der Waals surface area contributed by atoms with Crippen LogP contribution in [-0.2, 0) is 4.79 Å². The molecule has 0 spiro atoms. The Morgan fingerprint density at radius 3 is 2.90 bits per heavy atom. The first-order valence-electron chi connectivity index (χ1n) is 2.81. The molecule has 51 valence electrons. The van der Waals surface area contributed by atoms with Crippen LogP contribution >= 0.6 is 0 Å². The minimum atomic E-state index is 0.625. The topological polar surface area (TPSA) is 55.1 Å². The quantitative estimate of drug-likeness (QED) is 0.464. The van der Waals surface area contributed by atoms with Crippen molar-refractivity contribution in [3.8, 4) is 0 Å². The maximum Gasteiger partial charge on any atom is 0.314 e. The SMILES string of the molecule is Nc1cccc(N[C]=O)c1. The molecule has 3 nitrogen and oxygen atoms in total. The number of benzene rings is 1. The van der Waals surface area contributed by atoms with Crippen LogP contribution in [0.5, 0.6) is 0 Å². The largest absolute Gasteiger partial charge is 0.399 e. The fourth-order valence-electron chi connectivity index (χ4n) is 0.675. The van der Waals surface area contributed by atoms with Crippen LogP contribution in [0.15, 0.2) is 24.3 Å². The molecule has 0 aliphatic heterocycles. The Balaban J connectivity index is 2.84. The Bertz CT molecular complexity index is 235. The third-order valence-corrected chi connectivity index (χ3v) is 1.08. The van der Waals surface area contributed by atoms with E-state index in [0.717, 1.165) is 0 Å². The van der Waals surface area contributed by atoms with Crippen molar-refractivity contribution < 1.29 is 4.79 Å². The van der Waals surface area contributed by atoms with E-state index in [4.69, 9.17) is 5.73 Å². The van der Waals surface area contributed by atoms with Crippen LogP contribution in [-0.4, -0.2) is 6.41 Å². The van der Waals surface area contributed by atoms with Gasteiger partial charge >= 0.3 is 6.41 Å². The fraction of sp³-hybridized carbons (Fsp3) is 0.